The van der Waals surface area contributed by atoms with Crippen molar-refractivity contribution >= 4 is 11.3 Å². The van der Waals surface area contributed by atoms with E-state index in [0.29, 0.717) is 5.92 Å². The predicted molar refractivity (Wildman–Crippen MR) is 68.2 cm³/mol. The number of rotatable bonds is 7. The van der Waals surface area contributed by atoms with Crippen LogP contribution in [0.15, 0.2) is 11.4 Å². The van der Waals surface area contributed by atoms with Crippen LogP contribution in [0.5, 0.6) is 0 Å². The Balaban J connectivity index is 2.14. The van der Waals surface area contributed by atoms with Crippen molar-refractivity contribution in [2.24, 2.45) is 11.7 Å². The first-order valence-electron chi connectivity index (χ1n) is 5.71. The number of hydrogen-bond donors (Lipinski definition) is 2. The second-order valence-electron chi connectivity index (χ2n) is 4.00. The topological polar surface area (TPSA) is 38.0 Å². The van der Waals surface area contributed by atoms with Crippen LogP contribution in [0.1, 0.15) is 30.2 Å². The van der Waals surface area contributed by atoms with Gasteiger partial charge >= 0.3 is 0 Å². The zero-order chi connectivity index (χ0) is 11.1. The van der Waals surface area contributed by atoms with Crippen LogP contribution in [0, 0.1) is 12.8 Å². The zero-order valence-corrected chi connectivity index (χ0v) is 10.6. The summed E-state index contributed by atoms with van der Waals surface area (Å²) in [4.78, 5) is 1.45. The van der Waals surface area contributed by atoms with E-state index in [9.17, 15) is 0 Å². The number of nitrogens with two attached hydrogens (primary N) is 1. The summed E-state index contributed by atoms with van der Waals surface area (Å²) < 4.78 is 0. The lowest BCUT2D eigenvalue weighted by molar-refractivity contribution is 0.461. The second-order valence-corrected chi connectivity index (χ2v) is 5.00. The predicted octanol–water partition coefficient (Wildman–Crippen LogP) is 2.52. The third kappa shape index (κ3) is 4.33. The summed E-state index contributed by atoms with van der Waals surface area (Å²) in [7, 11) is 0. The monoisotopic (exact) mass is 226 g/mol. The van der Waals surface area contributed by atoms with E-state index in [1.807, 2.05) is 11.3 Å². The van der Waals surface area contributed by atoms with Gasteiger partial charge in [0.05, 0.1) is 0 Å². The van der Waals surface area contributed by atoms with Gasteiger partial charge in [-0.05, 0) is 49.4 Å². The van der Waals surface area contributed by atoms with Gasteiger partial charge in [-0.3, -0.25) is 0 Å². The molecule has 0 saturated carbocycles. The van der Waals surface area contributed by atoms with Crippen LogP contribution in [0.2, 0.25) is 0 Å². The molecule has 0 fully saturated rings. The molecule has 0 aliphatic carbocycles. The minimum Gasteiger partial charge on any atom is -0.330 e. The lowest BCUT2D eigenvalue weighted by atomic mass is 10.0. The molecule has 1 rings (SSSR count). The molecule has 0 radical (unpaired) electrons. The summed E-state index contributed by atoms with van der Waals surface area (Å²) in [5.41, 5.74) is 7.06. The van der Waals surface area contributed by atoms with E-state index in [1.165, 1.54) is 23.3 Å². The highest BCUT2D eigenvalue weighted by Crippen LogP contribution is 2.14. The summed E-state index contributed by atoms with van der Waals surface area (Å²) in [6.07, 6.45) is 2.38. The number of hydrogen-bond acceptors (Lipinski definition) is 3. The largest absolute Gasteiger partial charge is 0.330 e. The molecule has 0 amide bonds. The fraction of sp³-hybridized carbons (Fsp3) is 0.667. The Hall–Kier alpha value is -0.380. The highest BCUT2D eigenvalue weighted by atomic mass is 32.1. The van der Waals surface area contributed by atoms with Crippen LogP contribution < -0.4 is 11.1 Å². The zero-order valence-electron chi connectivity index (χ0n) is 9.75. The van der Waals surface area contributed by atoms with Crippen LogP contribution in [0.4, 0.5) is 0 Å². The average molecular weight is 226 g/mol. The normalized spacial score (nSPS) is 13.0. The van der Waals surface area contributed by atoms with Crippen molar-refractivity contribution in [1.82, 2.24) is 5.32 Å². The lowest BCUT2D eigenvalue weighted by Gasteiger charge is -2.12. The van der Waals surface area contributed by atoms with Gasteiger partial charge in [0.25, 0.3) is 0 Å². The first kappa shape index (κ1) is 12.7. The highest BCUT2D eigenvalue weighted by molar-refractivity contribution is 7.10. The molecule has 3 N–H and O–H groups in total. The fourth-order valence-corrected chi connectivity index (χ4v) is 2.46. The number of thiophene rings is 1. The van der Waals surface area contributed by atoms with Gasteiger partial charge in [0.1, 0.15) is 0 Å². The van der Waals surface area contributed by atoms with Gasteiger partial charge in [-0.1, -0.05) is 13.3 Å². The Morgan fingerprint density at radius 3 is 2.87 bits per heavy atom. The van der Waals surface area contributed by atoms with Gasteiger partial charge in [-0.15, -0.1) is 11.3 Å². The fourth-order valence-electron chi connectivity index (χ4n) is 1.58. The summed E-state index contributed by atoms with van der Waals surface area (Å²) in [6.45, 7) is 7.27. The van der Waals surface area contributed by atoms with Crippen molar-refractivity contribution in [1.29, 1.82) is 0 Å². The maximum Gasteiger partial charge on any atom is 0.0302 e. The van der Waals surface area contributed by atoms with E-state index in [-0.39, 0.29) is 0 Å². The average Bonchev–Trinajstić information content (AvgIpc) is 2.65. The molecule has 0 aliphatic rings. The van der Waals surface area contributed by atoms with Crippen molar-refractivity contribution < 1.29 is 0 Å². The molecule has 0 bridgehead atoms. The molecule has 1 aromatic rings. The molecule has 1 atom stereocenters. The molecule has 1 heterocycles. The maximum atomic E-state index is 5.66. The van der Waals surface area contributed by atoms with Crippen molar-refractivity contribution in [2.45, 2.75) is 33.2 Å². The van der Waals surface area contributed by atoms with Crippen LogP contribution in [0.3, 0.4) is 0 Å². The SMILES string of the molecule is CCC(CN)CCNCc1sccc1C. The summed E-state index contributed by atoms with van der Waals surface area (Å²) >= 11 is 1.83. The van der Waals surface area contributed by atoms with Gasteiger partial charge in [0, 0.05) is 11.4 Å². The lowest BCUT2D eigenvalue weighted by Crippen LogP contribution is -2.21. The third-order valence-corrected chi connectivity index (χ3v) is 3.92. The molecule has 2 nitrogen and oxygen atoms in total. The summed E-state index contributed by atoms with van der Waals surface area (Å²) in [5, 5.41) is 5.64. The minimum absolute atomic E-state index is 0.682. The minimum atomic E-state index is 0.682. The molecule has 15 heavy (non-hydrogen) atoms. The Kier molecular flexibility index (Phi) is 5.91. The molecule has 3 heteroatoms. The molecule has 86 valence electrons. The first-order valence-corrected chi connectivity index (χ1v) is 6.59. The highest BCUT2D eigenvalue weighted by Gasteiger charge is 2.03. The van der Waals surface area contributed by atoms with E-state index in [1.54, 1.807) is 0 Å². The summed E-state index contributed by atoms with van der Waals surface area (Å²) in [5.74, 6) is 0.682. The van der Waals surface area contributed by atoms with E-state index in [2.05, 4.69) is 30.6 Å². The molecular weight excluding hydrogens is 204 g/mol. The van der Waals surface area contributed by atoms with Crippen LogP contribution in [-0.4, -0.2) is 13.1 Å². The first-order chi connectivity index (χ1) is 7.27. The molecule has 0 spiro atoms. The third-order valence-electron chi connectivity index (χ3n) is 2.89. The second kappa shape index (κ2) is 6.99. The van der Waals surface area contributed by atoms with Crippen molar-refractivity contribution in [3.05, 3.63) is 21.9 Å². The van der Waals surface area contributed by atoms with E-state index in [4.69, 9.17) is 5.73 Å². The van der Waals surface area contributed by atoms with Crippen LogP contribution >= 0.6 is 11.3 Å². The Labute approximate surface area is 96.9 Å². The quantitative estimate of drug-likeness (QED) is 0.701. The van der Waals surface area contributed by atoms with Gasteiger partial charge in [0.15, 0.2) is 0 Å². The Bertz CT molecular complexity index is 266. The van der Waals surface area contributed by atoms with Gasteiger partial charge in [0.2, 0.25) is 0 Å². The van der Waals surface area contributed by atoms with Crippen molar-refractivity contribution in [3.8, 4) is 0 Å². The molecule has 1 aromatic heterocycles. The molecule has 0 saturated heterocycles. The number of aryl methyl sites for hydroxylation is 1. The van der Waals surface area contributed by atoms with Crippen molar-refractivity contribution in [2.75, 3.05) is 13.1 Å². The smallest absolute Gasteiger partial charge is 0.0302 e. The van der Waals surface area contributed by atoms with E-state index >= 15 is 0 Å². The van der Waals surface area contributed by atoms with Gasteiger partial charge in [-0.25, -0.2) is 0 Å². The van der Waals surface area contributed by atoms with Crippen LogP contribution in [0.25, 0.3) is 0 Å². The summed E-state index contributed by atoms with van der Waals surface area (Å²) in [6, 6.07) is 2.18. The van der Waals surface area contributed by atoms with Crippen LogP contribution in [-0.2, 0) is 6.54 Å². The molecule has 0 aromatic carbocycles. The Morgan fingerprint density at radius 1 is 1.53 bits per heavy atom. The molecular formula is C12H22N2S. The molecule has 0 aliphatic heterocycles. The Morgan fingerprint density at radius 2 is 2.33 bits per heavy atom. The number of nitrogens with one attached hydrogen (secondary N) is 1. The van der Waals surface area contributed by atoms with Crippen molar-refractivity contribution in [3.63, 3.8) is 0 Å². The maximum absolute atomic E-state index is 5.66. The van der Waals surface area contributed by atoms with Gasteiger partial charge < -0.3 is 11.1 Å². The van der Waals surface area contributed by atoms with E-state index in [0.717, 1.165) is 19.6 Å². The standard InChI is InChI=1S/C12H22N2S/c1-3-11(8-13)4-6-14-9-12-10(2)5-7-15-12/h5,7,11,14H,3-4,6,8-9,13H2,1-2H3. The molecule has 1 unspecified atom stereocenters. The van der Waals surface area contributed by atoms with Gasteiger partial charge in [-0.2, -0.15) is 0 Å². The van der Waals surface area contributed by atoms with E-state index < -0.39 is 0 Å².